The molecule has 0 saturated carbocycles. The normalized spacial score (nSPS) is 22.2. The smallest absolute Gasteiger partial charge is 0.254 e. The molecule has 18 heavy (non-hydrogen) atoms. The molecule has 3 rings (SSSR count). The minimum atomic E-state index is -0.153. The lowest BCUT2D eigenvalue weighted by Gasteiger charge is -2.51. The second-order valence-corrected chi connectivity index (χ2v) is 6.03. The lowest BCUT2D eigenvalue weighted by atomic mass is 9.71. The second kappa shape index (κ2) is 4.09. The third-order valence-electron chi connectivity index (χ3n) is 4.12. The van der Waals surface area contributed by atoms with E-state index in [-0.39, 0.29) is 17.2 Å². The van der Waals surface area contributed by atoms with Crippen LogP contribution in [0.5, 0.6) is 0 Å². The number of piperidine rings is 1. The van der Waals surface area contributed by atoms with Crippen molar-refractivity contribution in [2.75, 3.05) is 26.7 Å². The molecule has 0 N–H and O–H groups in total. The van der Waals surface area contributed by atoms with Crippen molar-refractivity contribution >= 4 is 23.2 Å². The molecule has 1 aromatic rings. The Labute approximate surface area is 110 Å². The van der Waals surface area contributed by atoms with Crippen LogP contribution in [0.15, 0.2) is 16.8 Å². The maximum Gasteiger partial charge on any atom is 0.254 e. The molecule has 0 bridgehead atoms. The van der Waals surface area contributed by atoms with Gasteiger partial charge in [-0.05, 0) is 24.3 Å². The summed E-state index contributed by atoms with van der Waals surface area (Å²) in [7, 11) is 1.84. The van der Waals surface area contributed by atoms with Crippen LogP contribution in [-0.4, -0.2) is 48.3 Å². The van der Waals surface area contributed by atoms with Gasteiger partial charge in [-0.2, -0.15) is 11.3 Å². The molecule has 2 fully saturated rings. The van der Waals surface area contributed by atoms with Gasteiger partial charge in [0.25, 0.3) is 5.91 Å². The van der Waals surface area contributed by atoms with Crippen molar-refractivity contribution < 1.29 is 9.59 Å². The van der Waals surface area contributed by atoms with Gasteiger partial charge in [-0.25, -0.2) is 0 Å². The first-order chi connectivity index (χ1) is 8.62. The van der Waals surface area contributed by atoms with Crippen LogP contribution in [0.1, 0.15) is 23.2 Å². The molecule has 0 aliphatic carbocycles. The van der Waals surface area contributed by atoms with Gasteiger partial charge in [0.2, 0.25) is 5.91 Å². The number of β-lactam (4-membered cyclic amide) rings is 1. The van der Waals surface area contributed by atoms with Gasteiger partial charge >= 0.3 is 0 Å². The van der Waals surface area contributed by atoms with Crippen LogP contribution >= 0.6 is 11.3 Å². The van der Waals surface area contributed by atoms with E-state index in [4.69, 9.17) is 0 Å². The average Bonchev–Trinajstić information content (AvgIpc) is 2.92. The summed E-state index contributed by atoms with van der Waals surface area (Å²) in [6, 6.07) is 1.86. The van der Waals surface area contributed by atoms with E-state index in [1.807, 2.05) is 28.8 Å². The molecule has 0 radical (unpaired) electrons. The number of hydrogen-bond acceptors (Lipinski definition) is 3. The summed E-state index contributed by atoms with van der Waals surface area (Å²) >= 11 is 1.54. The maximum absolute atomic E-state index is 12.2. The van der Waals surface area contributed by atoms with E-state index in [1.165, 1.54) is 11.3 Å². The predicted octanol–water partition coefficient (Wildman–Crippen LogP) is 1.44. The fourth-order valence-electron chi connectivity index (χ4n) is 2.99. The Morgan fingerprint density at radius 3 is 2.61 bits per heavy atom. The van der Waals surface area contributed by atoms with Gasteiger partial charge in [-0.1, -0.05) is 0 Å². The topological polar surface area (TPSA) is 40.6 Å². The Balaban J connectivity index is 1.64. The first kappa shape index (κ1) is 11.7. The van der Waals surface area contributed by atoms with Crippen molar-refractivity contribution in [1.82, 2.24) is 9.80 Å². The van der Waals surface area contributed by atoms with Crippen molar-refractivity contribution in [3.8, 4) is 0 Å². The molecule has 0 unspecified atom stereocenters. The zero-order valence-electron chi connectivity index (χ0n) is 10.4. The third kappa shape index (κ3) is 1.65. The van der Waals surface area contributed by atoms with Crippen molar-refractivity contribution in [2.24, 2.45) is 5.41 Å². The summed E-state index contributed by atoms with van der Waals surface area (Å²) in [6.45, 7) is 2.26. The molecule has 2 saturated heterocycles. The fraction of sp³-hybridized carbons (Fsp3) is 0.538. The molecule has 5 heteroatoms. The quantitative estimate of drug-likeness (QED) is 0.720. The number of carbonyl (C=O) groups excluding carboxylic acids is 2. The summed E-state index contributed by atoms with van der Waals surface area (Å²) in [5.74, 6) is 0.358. The molecule has 0 aromatic carbocycles. The molecule has 2 aliphatic rings. The monoisotopic (exact) mass is 264 g/mol. The van der Waals surface area contributed by atoms with Crippen LogP contribution in [-0.2, 0) is 4.79 Å². The highest BCUT2D eigenvalue weighted by Gasteiger charge is 2.51. The molecular formula is C13H16N2O2S. The van der Waals surface area contributed by atoms with Gasteiger partial charge in [-0.15, -0.1) is 0 Å². The highest BCUT2D eigenvalue weighted by atomic mass is 32.1. The fourth-order valence-corrected chi connectivity index (χ4v) is 3.62. The second-order valence-electron chi connectivity index (χ2n) is 5.25. The number of thiophene rings is 1. The molecular weight excluding hydrogens is 248 g/mol. The molecule has 2 aliphatic heterocycles. The van der Waals surface area contributed by atoms with Crippen molar-refractivity contribution in [3.63, 3.8) is 0 Å². The third-order valence-corrected chi connectivity index (χ3v) is 4.80. The number of rotatable bonds is 1. The Bertz CT molecular complexity index is 475. The number of likely N-dealkylation sites (tertiary alicyclic amines) is 2. The van der Waals surface area contributed by atoms with Crippen LogP contribution in [0.4, 0.5) is 0 Å². The minimum absolute atomic E-state index is 0.103. The van der Waals surface area contributed by atoms with Crippen LogP contribution in [0, 0.1) is 5.41 Å². The summed E-state index contributed by atoms with van der Waals surface area (Å²) in [5, 5.41) is 3.80. The van der Waals surface area contributed by atoms with Crippen LogP contribution < -0.4 is 0 Å². The van der Waals surface area contributed by atoms with Crippen LogP contribution in [0.3, 0.4) is 0 Å². The van der Waals surface area contributed by atoms with E-state index < -0.39 is 0 Å². The summed E-state index contributed by atoms with van der Waals surface area (Å²) in [5.41, 5.74) is 0.619. The van der Waals surface area contributed by atoms with Crippen molar-refractivity contribution in [3.05, 3.63) is 22.4 Å². The van der Waals surface area contributed by atoms with Gasteiger partial charge in [0.05, 0.1) is 11.0 Å². The van der Waals surface area contributed by atoms with Crippen LogP contribution in [0.25, 0.3) is 0 Å². The zero-order chi connectivity index (χ0) is 12.8. The van der Waals surface area contributed by atoms with E-state index in [9.17, 15) is 9.59 Å². The Morgan fingerprint density at radius 2 is 2.11 bits per heavy atom. The largest absolute Gasteiger partial charge is 0.344 e. The molecule has 0 atom stereocenters. The first-order valence-corrected chi connectivity index (χ1v) is 7.14. The molecule has 2 amide bonds. The van der Waals surface area contributed by atoms with Gasteiger partial charge in [0, 0.05) is 32.1 Å². The summed E-state index contributed by atoms with van der Waals surface area (Å²) in [4.78, 5) is 27.7. The summed E-state index contributed by atoms with van der Waals surface area (Å²) < 4.78 is 0. The van der Waals surface area contributed by atoms with Gasteiger partial charge in [0.1, 0.15) is 0 Å². The Kier molecular flexibility index (Phi) is 2.66. The van der Waals surface area contributed by atoms with Crippen molar-refractivity contribution in [1.29, 1.82) is 0 Å². The standard InChI is InChI=1S/C13H16N2O2S/c1-14-9-13(12(14)17)3-5-15(6-4-13)11(16)10-2-7-18-8-10/h2,7-8H,3-6,9H2,1H3. The van der Waals surface area contributed by atoms with E-state index in [2.05, 4.69) is 0 Å². The van der Waals surface area contributed by atoms with E-state index in [0.717, 1.165) is 24.9 Å². The van der Waals surface area contributed by atoms with E-state index >= 15 is 0 Å². The Morgan fingerprint density at radius 1 is 1.39 bits per heavy atom. The van der Waals surface area contributed by atoms with Crippen molar-refractivity contribution in [2.45, 2.75) is 12.8 Å². The average molecular weight is 264 g/mol. The minimum Gasteiger partial charge on any atom is -0.344 e. The molecule has 96 valence electrons. The van der Waals surface area contributed by atoms with E-state index in [1.54, 1.807) is 4.90 Å². The highest BCUT2D eigenvalue weighted by molar-refractivity contribution is 7.08. The van der Waals surface area contributed by atoms with E-state index in [0.29, 0.717) is 13.1 Å². The SMILES string of the molecule is CN1CC2(CCN(C(=O)c3ccsc3)CC2)C1=O. The Hall–Kier alpha value is -1.36. The molecule has 3 heterocycles. The zero-order valence-corrected chi connectivity index (χ0v) is 11.2. The van der Waals surface area contributed by atoms with Gasteiger partial charge in [-0.3, -0.25) is 9.59 Å². The number of nitrogens with zero attached hydrogens (tertiary/aromatic N) is 2. The maximum atomic E-state index is 12.2. The predicted molar refractivity (Wildman–Crippen MR) is 69.5 cm³/mol. The lowest BCUT2D eigenvalue weighted by molar-refractivity contribution is -0.161. The van der Waals surface area contributed by atoms with Crippen LogP contribution in [0.2, 0.25) is 0 Å². The highest BCUT2D eigenvalue weighted by Crippen LogP contribution is 2.41. The number of hydrogen-bond donors (Lipinski definition) is 0. The lowest BCUT2D eigenvalue weighted by Crippen LogP contribution is -2.63. The molecule has 1 aromatic heterocycles. The number of carbonyl (C=O) groups is 2. The first-order valence-electron chi connectivity index (χ1n) is 6.19. The molecule has 1 spiro atoms. The van der Waals surface area contributed by atoms with Gasteiger partial charge < -0.3 is 9.80 Å². The number of amides is 2. The van der Waals surface area contributed by atoms with Gasteiger partial charge in [0.15, 0.2) is 0 Å². The molecule has 4 nitrogen and oxygen atoms in total. The summed E-state index contributed by atoms with van der Waals surface area (Å²) in [6.07, 6.45) is 1.62.